The number of rotatable bonds is 6. The van der Waals surface area contributed by atoms with Gasteiger partial charge in [-0.3, -0.25) is 9.52 Å². The van der Waals surface area contributed by atoms with Gasteiger partial charge in [0.15, 0.2) is 0 Å². The van der Waals surface area contributed by atoms with Crippen LogP contribution in [0.5, 0.6) is 0 Å². The summed E-state index contributed by atoms with van der Waals surface area (Å²) in [5, 5.41) is 3.09. The minimum absolute atomic E-state index is 0.0251. The second-order valence-corrected chi connectivity index (χ2v) is 8.89. The lowest BCUT2D eigenvalue weighted by Crippen LogP contribution is -2.36. The van der Waals surface area contributed by atoms with E-state index in [1.165, 1.54) is 0 Å². The van der Waals surface area contributed by atoms with Gasteiger partial charge in [-0.2, -0.15) is 0 Å². The lowest BCUT2D eigenvalue weighted by Gasteiger charge is -2.21. The summed E-state index contributed by atoms with van der Waals surface area (Å²) in [5.74, 6) is 0.0251. The zero-order valence-electron chi connectivity index (χ0n) is 15.2. The van der Waals surface area contributed by atoms with E-state index in [9.17, 15) is 13.2 Å². The van der Waals surface area contributed by atoms with Crippen molar-refractivity contribution in [2.45, 2.75) is 38.1 Å². The molecule has 1 saturated carbocycles. The molecule has 0 spiro atoms. The molecule has 1 amide bonds. The SMILES string of the molecule is Cc1cccc(C2(C(=O)N[C@H](C)c3cccc(NS(C)(=O)=O)c3)CC2)c1. The molecule has 2 aromatic rings. The highest BCUT2D eigenvalue weighted by Gasteiger charge is 2.51. The predicted molar refractivity (Wildman–Crippen MR) is 104 cm³/mol. The maximum absolute atomic E-state index is 12.9. The molecule has 0 bridgehead atoms. The van der Waals surface area contributed by atoms with Crippen LogP contribution >= 0.6 is 0 Å². The van der Waals surface area contributed by atoms with Gasteiger partial charge in [-0.25, -0.2) is 8.42 Å². The number of amides is 1. The number of aryl methyl sites for hydroxylation is 1. The molecule has 1 fully saturated rings. The molecule has 0 radical (unpaired) electrons. The van der Waals surface area contributed by atoms with E-state index >= 15 is 0 Å². The Hall–Kier alpha value is -2.34. The number of carbonyl (C=O) groups is 1. The van der Waals surface area contributed by atoms with Gasteiger partial charge in [0, 0.05) is 5.69 Å². The number of nitrogens with one attached hydrogen (secondary N) is 2. The minimum atomic E-state index is -3.33. The van der Waals surface area contributed by atoms with Crippen molar-refractivity contribution in [3.05, 3.63) is 65.2 Å². The first-order valence-corrected chi connectivity index (χ1v) is 10.5. The average Bonchev–Trinajstić information content (AvgIpc) is 3.35. The van der Waals surface area contributed by atoms with Crippen LogP contribution < -0.4 is 10.0 Å². The Bertz CT molecular complexity index is 934. The van der Waals surface area contributed by atoms with Crippen molar-refractivity contribution >= 4 is 21.6 Å². The first-order chi connectivity index (χ1) is 12.2. The Labute approximate surface area is 154 Å². The Kier molecular flexibility index (Phi) is 4.80. The maximum Gasteiger partial charge on any atom is 0.231 e. The summed E-state index contributed by atoms with van der Waals surface area (Å²) in [4.78, 5) is 12.9. The van der Waals surface area contributed by atoms with Crippen molar-refractivity contribution in [3.63, 3.8) is 0 Å². The quantitative estimate of drug-likeness (QED) is 0.817. The molecule has 0 aromatic heterocycles. The van der Waals surface area contributed by atoms with Gasteiger partial charge in [0.05, 0.1) is 17.7 Å². The van der Waals surface area contributed by atoms with Crippen LogP contribution in [0, 0.1) is 6.92 Å². The van der Waals surface area contributed by atoms with Gasteiger partial charge >= 0.3 is 0 Å². The van der Waals surface area contributed by atoms with Crippen LogP contribution in [0.4, 0.5) is 5.69 Å². The fraction of sp³-hybridized carbons (Fsp3) is 0.350. The monoisotopic (exact) mass is 372 g/mol. The summed E-state index contributed by atoms with van der Waals surface area (Å²) in [5.41, 5.74) is 3.13. The Morgan fingerprint density at radius 1 is 1.12 bits per heavy atom. The number of hydrogen-bond acceptors (Lipinski definition) is 3. The predicted octanol–water partition coefficient (Wildman–Crippen LogP) is 3.28. The molecule has 6 heteroatoms. The van der Waals surface area contributed by atoms with Gasteiger partial charge in [0.1, 0.15) is 0 Å². The second kappa shape index (κ2) is 6.76. The summed E-state index contributed by atoms with van der Waals surface area (Å²) in [6.45, 7) is 3.93. The molecule has 1 aliphatic carbocycles. The number of carbonyl (C=O) groups excluding carboxylic acids is 1. The van der Waals surface area contributed by atoms with Gasteiger partial charge in [-0.05, 0) is 49.9 Å². The molecule has 1 aliphatic rings. The molecular formula is C20H24N2O3S. The maximum atomic E-state index is 12.9. The van der Waals surface area contributed by atoms with E-state index in [4.69, 9.17) is 0 Å². The smallest absolute Gasteiger partial charge is 0.231 e. The number of anilines is 1. The lowest BCUT2D eigenvalue weighted by molar-refractivity contribution is -0.124. The summed E-state index contributed by atoms with van der Waals surface area (Å²) in [7, 11) is -3.33. The van der Waals surface area contributed by atoms with Crippen LogP contribution in [0.3, 0.4) is 0 Å². The minimum Gasteiger partial charge on any atom is -0.349 e. The molecule has 0 saturated heterocycles. The zero-order valence-corrected chi connectivity index (χ0v) is 16.1. The Morgan fingerprint density at radius 3 is 2.42 bits per heavy atom. The molecule has 5 nitrogen and oxygen atoms in total. The summed E-state index contributed by atoms with van der Waals surface area (Å²) < 4.78 is 25.3. The van der Waals surface area contributed by atoms with Crippen molar-refractivity contribution in [1.29, 1.82) is 0 Å². The van der Waals surface area contributed by atoms with Crippen LogP contribution in [-0.2, 0) is 20.2 Å². The topological polar surface area (TPSA) is 75.3 Å². The summed E-state index contributed by atoms with van der Waals surface area (Å²) >= 11 is 0. The van der Waals surface area contributed by atoms with Crippen molar-refractivity contribution in [2.24, 2.45) is 0 Å². The van der Waals surface area contributed by atoms with E-state index in [-0.39, 0.29) is 11.9 Å². The first kappa shape index (κ1) is 18.5. The highest BCUT2D eigenvalue weighted by molar-refractivity contribution is 7.92. The average molecular weight is 372 g/mol. The number of hydrogen-bond donors (Lipinski definition) is 2. The molecular weight excluding hydrogens is 348 g/mol. The van der Waals surface area contributed by atoms with E-state index in [0.29, 0.717) is 5.69 Å². The largest absolute Gasteiger partial charge is 0.349 e. The van der Waals surface area contributed by atoms with Crippen LogP contribution in [0.2, 0.25) is 0 Å². The molecule has 1 atom stereocenters. The van der Waals surface area contributed by atoms with Gasteiger partial charge < -0.3 is 5.32 Å². The van der Waals surface area contributed by atoms with Gasteiger partial charge in [-0.1, -0.05) is 42.0 Å². The second-order valence-electron chi connectivity index (χ2n) is 7.15. The normalized spacial score (nSPS) is 16.6. The Balaban J connectivity index is 1.75. The lowest BCUT2D eigenvalue weighted by atomic mass is 9.93. The molecule has 0 aliphatic heterocycles. The molecule has 138 valence electrons. The van der Waals surface area contributed by atoms with E-state index in [0.717, 1.165) is 35.8 Å². The number of sulfonamides is 1. The highest BCUT2D eigenvalue weighted by Crippen LogP contribution is 2.48. The van der Waals surface area contributed by atoms with Crippen molar-refractivity contribution < 1.29 is 13.2 Å². The van der Waals surface area contributed by atoms with Gasteiger partial charge in [0.25, 0.3) is 0 Å². The molecule has 0 unspecified atom stereocenters. The molecule has 2 N–H and O–H groups in total. The molecule has 3 rings (SSSR count). The summed E-state index contributed by atoms with van der Waals surface area (Å²) in [6, 6.07) is 15.0. The van der Waals surface area contributed by atoms with E-state index in [1.54, 1.807) is 18.2 Å². The van der Waals surface area contributed by atoms with Crippen LogP contribution in [-0.4, -0.2) is 20.6 Å². The fourth-order valence-corrected chi connectivity index (χ4v) is 3.77. The van der Waals surface area contributed by atoms with Crippen molar-refractivity contribution in [2.75, 3.05) is 11.0 Å². The van der Waals surface area contributed by atoms with Gasteiger partial charge in [-0.15, -0.1) is 0 Å². The highest BCUT2D eigenvalue weighted by atomic mass is 32.2. The molecule has 0 heterocycles. The van der Waals surface area contributed by atoms with Crippen molar-refractivity contribution in [1.82, 2.24) is 5.32 Å². The zero-order chi connectivity index (χ0) is 18.9. The van der Waals surface area contributed by atoms with Crippen LogP contribution in [0.1, 0.15) is 42.5 Å². The van der Waals surface area contributed by atoms with E-state index in [1.807, 2.05) is 38.1 Å². The Morgan fingerprint density at radius 2 is 1.81 bits per heavy atom. The first-order valence-electron chi connectivity index (χ1n) is 8.65. The molecule has 26 heavy (non-hydrogen) atoms. The van der Waals surface area contributed by atoms with Crippen LogP contribution in [0.25, 0.3) is 0 Å². The number of benzene rings is 2. The fourth-order valence-electron chi connectivity index (χ4n) is 3.22. The standard InChI is InChI=1S/C20H24N2O3S/c1-14-6-4-8-17(12-14)20(10-11-20)19(23)21-15(2)16-7-5-9-18(13-16)22-26(3,24)25/h4-9,12-13,15,22H,10-11H2,1-3H3,(H,21,23)/t15-/m1/s1. The third-order valence-corrected chi connectivity index (χ3v) is 5.40. The molecule has 2 aromatic carbocycles. The van der Waals surface area contributed by atoms with E-state index < -0.39 is 15.4 Å². The third-order valence-electron chi connectivity index (χ3n) is 4.79. The van der Waals surface area contributed by atoms with Crippen molar-refractivity contribution in [3.8, 4) is 0 Å². The van der Waals surface area contributed by atoms with Crippen LogP contribution in [0.15, 0.2) is 48.5 Å². The van der Waals surface area contributed by atoms with E-state index in [2.05, 4.69) is 16.1 Å². The summed E-state index contributed by atoms with van der Waals surface area (Å²) in [6.07, 6.45) is 2.82. The van der Waals surface area contributed by atoms with Gasteiger partial charge in [0.2, 0.25) is 15.9 Å². The third kappa shape index (κ3) is 4.07.